The van der Waals surface area contributed by atoms with Crippen LogP contribution in [-0.2, 0) is 20.7 Å². The Bertz CT molecular complexity index is 474. The topological polar surface area (TPSA) is 78.6 Å². The summed E-state index contributed by atoms with van der Waals surface area (Å²) in [6, 6.07) is 6.12. The zero-order valence-electron chi connectivity index (χ0n) is 12.3. The minimum absolute atomic E-state index is 0.362. The van der Waals surface area contributed by atoms with Crippen LogP contribution in [0.1, 0.15) is 36.7 Å². The van der Waals surface area contributed by atoms with Gasteiger partial charge in [-0.2, -0.15) is 0 Å². The number of hydrogen-bond donors (Lipinski definition) is 1. The first-order valence-corrected chi connectivity index (χ1v) is 6.38. The second-order valence-electron chi connectivity index (χ2n) is 5.53. The first-order valence-electron chi connectivity index (χ1n) is 6.38. The molecule has 20 heavy (non-hydrogen) atoms. The number of carbonyl (C=O) groups is 2. The van der Waals surface area contributed by atoms with Crippen molar-refractivity contribution in [3.05, 3.63) is 35.4 Å². The molecular formula is C15H21NO4. The van der Waals surface area contributed by atoms with Gasteiger partial charge < -0.3 is 15.2 Å². The predicted octanol–water partition coefficient (Wildman–Crippen LogP) is 1.68. The third-order valence-electron chi connectivity index (χ3n) is 2.55. The van der Waals surface area contributed by atoms with E-state index < -0.39 is 17.6 Å². The van der Waals surface area contributed by atoms with Crippen LogP contribution in [0.3, 0.4) is 0 Å². The lowest BCUT2D eigenvalue weighted by Crippen LogP contribution is -2.33. The minimum atomic E-state index is -0.702. The summed E-state index contributed by atoms with van der Waals surface area (Å²) in [5.41, 5.74) is 6.47. The van der Waals surface area contributed by atoms with Gasteiger partial charge in [-0.3, -0.25) is 4.79 Å². The highest BCUT2D eigenvalue weighted by Crippen LogP contribution is 2.13. The quantitative estimate of drug-likeness (QED) is 0.848. The van der Waals surface area contributed by atoms with Crippen LogP contribution < -0.4 is 5.73 Å². The summed E-state index contributed by atoms with van der Waals surface area (Å²) in [4.78, 5) is 23.1. The monoisotopic (exact) mass is 279 g/mol. The Kier molecular flexibility index (Phi) is 5.27. The molecule has 0 aromatic heterocycles. The highest BCUT2D eigenvalue weighted by molar-refractivity contribution is 5.89. The zero-order chi connectivity index (χ0) is 15.3. The lowest BCUT2D eigenvalue weighted by atomic mass is 10.0. The Morgan fingerprint density at radius 3 is 2.20 bits per heavy atom. The summed E-state index contributed by atoms with van der Waals surface area (Å²) in [5, 5.41) is 0. The standard InChI is InChI=1S/C15H21NO4/c1-15(2,3)20-13(17)11-7-5-10(6-8-11)9-12(16)14(18)19-4/h5-8,12H,9,16H2,1-4H3/t12-/m0/s1. The molecule has 0 saturated carbocycles. The molecule has 0 bridgehead atoms. The Hall–Kier alpha value is -1.88. The van der Waals surface area contributed by atoms with Crippen molar-refractivity contribution in [2.75, 3.05) is 7.11 Å². The molecule has 0 aliphatic heterocycles. The van der Waals surface area contributed by atoms with E-state index in [9.17, 15) is 9.59 Å². The van der Waals surface area contributed by atoms with Gasteiger partial charge in [0.2, 0.25) is 0 Å². The summed E-state index contributed by atoms with van der Waals surface area (Å²) in [6.45, 7) is 5.44. The fraction of sp³-hybridized carbons (Fsp3) is 0.467. The summed E-state index contributed by atoms with van der Waals surface area (Å²) in [7, 11) is 1.30. The molecule has 1 aromatic carbocycles. The Labute approximate surface area is 119 Å². The average Bonchev–Trinajstić information content (AvgIpc) is 2.36. The fourth-order valence-corrected chi connectivity index (χ4v) is 1.60. The smallest absolute Gasteiger partial charge is 0.338 e. The average molecular weight is 279 g/mol. The van der Waals surface area contributed by atoms with E-state index in [1.54, 1.807) is 24.3 Å². The molecule has 1 rings (SSSR count). The van der Waals surface area contributed by atoms with Gasteiger partial charge in [0, 0.05) is 0 Å². The van der Waals surface area contributed by atoms with Crippen LogP contribution in [0, 0.1) is 0 Å². The predicted molar refractivity (Wildman–Crippen MR) is 75.3 cm³/mol. The number of ether oxygens (including phenoxy) is 2. The Balaban J connectivity index is 2.69. The zero-order valence-corrected chi connectivity index (χ0v) is 12.3. The van der Waals surface area contributed by atoms with E-state index in [1.807, 2.05) is 20.8 Å². The Morgan fingerprint density at radius 1 is 1.20 bits per heavy atom. The molecule has 0 saturated heterocycles. The summed E-state index contributed by atoms with van der Waals surface area (Å²) in [5.74, 6) is -0.831. The third-order valence-corrected chi connectivity index (χ3v) is 2.55. The Morgan fingerprint density at radius 2 is 1.75 bits per heavy atom. The fourth-order valence-electron chi connectivity index (χ4n) is 1.60. The van der Waals surface area contributed by atoms with E-state index in [2.05, 4.69) is 4.74 Å². The van der Waals surface area contributed by atoms with Gasteiger partial charge in [0.1, 0.15) is 11.6 Å². The van der Waals surface area contributed by atoms with Crippen LogP contribution in [0.4, 0.5) is 0 Å². The van der Waals surface area contributed by atoms with Gasteiger partial charge in [-0.1, -0.05) is 12.1 Å². The molecule has 5 heteroatoms. The van der Waals surface area contributed by atoms with Gasteiger partial charge in [0.05, 0.1) is 12.7 Å². The summed E-state index contributed by atoms with van der Waals surface area (Å²) < 4.78 is 9.83. The van der Waals surface area contributed by atoms with Crippen molar-refractivity contribution in [2.24, 2.45) is 5.73 Å². The van der Waals surface area contributed by atoms with Crippen LogP contribution in [0.5, 0.6) is 0 Å². The number of hydrogen-bond acceptors (Lipinski definition) is 5. The van der Waals surface area contributed by atoms with Crippen LogP contribution in [0.2, 0.25) is 0 Å². The molecule has 0 heterocycles. The number of esters is 2. The van der Waals surface area contributed by atoms with E-state index >= 15 is 0 Å². The molecule has 0 amide bonds. The van der Waals surface area contributed by atoms with E-state index in [0.717, 1.165) is 5.56 Å². The van der Waals surface area contributed by atoms with Gasteiger partial charge in [-0.05, 0) is 44.9 Å². The molecular weight excluding hydrogens is 258 g/mol. The maximum atomic E-state index is 11.8. The van der Waals surface area contributed by atoms with Crippen LogP contribution in [0.15, 0.2) is 24.3 Å². The van der Waals surface area contributed by atoms with E-state index in [0.29, 0.717) is 12.0 Å². The van der Waals surface area contributed by atoms with E-state index in [-0.39, 0.29) is 5.97 Å². The van der Waals surface area contributed by atoms with Crippen molar-refractivity contribution in [2.45, 2.75) is 38.8 Å². The lowest BCUT2D eigenvalue weighted by molar-refractivity contribution is -0.142. The van der Waals surface area contributed by atoms with Crippen molar-refractivity contribution >= 4 is 11.9 Å². The second kappa shape index (κ2) is 6.52. The molecule has 0 unspecified atom stereocenters. The van der Waals surface area contributed by atoms with Crippen molar-refractivity contribution in [3.8, 4) is 0 Å². The molecule has 0 aliphatic carbocycles. The minimum Gasteiger partial charge on any atom is -0.468 e. The molecule has 2 N–H and O–H groups in total. The molecule has 0 radical (unpaired) electrons. The maximum absolute atomic E-state index is 11.8. The normalized spacial score (nSPS) is 12.7. The van der Waals surface area contributed by atoms with Gasteiger partial charge in [0.25, 0.3) is 0 Å². The van der Waals surface area contributed by atoms with Crippen molar-refractivity contribution in [1.82, 2.24) is 0 Å². The SMILES string of the molecule is COC(=O)[C@@H](N)Cc1ccc(C(=O)OC(C)(C)C)cc1. The van der Waals surface area contributed by atoms with Crippen molar-refractivity contribution in [3.63, 3.8) is 0 Å². The summed E-state index contributed by atoms with van der Waals surface area (Å²) >= 11 is 0. The molecule has 5 nitrogen and oxygen atoms in total. The first kappa shape index (κ1) is 16.2. The molecule has 1 atom stereocenters. The number of rotatable bonds is 4. The second-order valence-corrected chi connectivity index (χ2v) is 5.53. The molecule has 110 valence electrons. The highest BCUT2D eigenvalue weighted by atomic mass is 16.6. The maximum Gasteiger partial charge on any atom is 0.338 e. The number of methoxy groups -OCH3 is 1. The van der Waals surface area contributed by atoms with Crippen LogP contribution in [0.25, 0.3) is 0 Å². The van der Waals surface area contributed by atoms with Gasteiger partial charge in [-0.15, -0.1) is 0 Å². The van der Waals surface area contributed by atoms with E-state index in [4.69, 9.17) is 10.5 Å². The van der Waals surface area contributed by atoms with Gasteiger partial charge in [0.15, 0.2) is 0 Å². The van der Waals surface area contributed by atoms with Crippen molar-refractivity contribution in [1.29, 1.82) is 0 Å². The highest BCUT2D eigenvalue weighted by Gasteiger charge is 2.18. The number of carbonyl (C=O) groups excluding carboxylic acids is 2. The molecule has 0 spiro atoms. The van der Waals surface area contributed by atoms with Gasteiger partial charge >= 0.3 is 11.9 Å². The van der Waals surface area contributed by atoms with E-state index in [1.165, 1.54) is 7.11 Å². The summed E-state index contributed by atoms with van der Waals surface area (Å²) in [6.07, 6.45) is 0.362. The van der Waals surface area contributed by atoms with Crippen molar-refractivity contribution < 1.29 is 19.1 Å². The lowest BCUT2D eigenvalue weighted by Gasteiger charge is -2.19. The van der Waals surface area contributed by atoms with Crippen LogP contribution in [-0.4, -0.2) is 30.7 Å². The first-order chi connectivity index (χ1) is 9.23. The largest absolute Gasteiger partial charge is 0.468 e. The molecule has 0 fully saturated rings. The van der Waals surface area contributed by atoms with Crippen LogP contribution >= 0.6 is 0 Å². The third kappa shape index (κ3) is 5.01. The molecule has 1 aromatic rings. The number of nitrogens with two attached hydrogens (primary N) is 1. The number of benzene rings is 1. The molecule has 0 aliphatic rings. The van der Waals surface area contributed by atoms with Gasteiger partial charge in [-0.25, -0.2) is 4.79 Å².